The highest BCUT2D eigenvalue weighted by atomic mass is 16.6. The second kappa shape index (κ2) is 10.4. The Morgan fingerprint density at radius 3 is 2.28 bits per heavy atom. The zero-order chi connectivity index (χ0) is 23.1. The van der Waals surface area contributed by atoms with E-state index in [9.17, 15) is 14.4 Å². The molecule has 0 bridgehead atoms. The van der Waals surface area contributed by atoms with Gasteiger partial charge in [0.25, 0.3) is 0 Å². The van der Waals surface area contributed by atoms with Crippen LogP contribution in [0.2, 0.25) is 0 Å². The van der Waals surface area contributed by atoms with Crippen LogP contribution in [-0.4, -0.2) is 48.1 Å². The Labute approximate surface area is 188 Å². The Morgan fingerprint density at radius 2 is 1.69 bits per heavy atom. The lowest BCUT2D eigenvalue weighted by Gasteiger charge is -2.35. The summed E-state index contributed by atoms with van der Waals surface area (Å²) in [5.74, 6) is -1.74. The lowest BCUT2D eigenvalue weighted by atomic mass is 9.83. The second-order valence-corrected chi connectivity index (χ2v) is 8.50. The number of ether oxygens (including phenoxy) is 2. The molecule has 1 aliphatic rings. The van der Waals surface area contributed by atoms with Crippen molar-refractivity contribution in [3.8, 4) is 0 Å². The van der Waals surface area contributed by atoms with E-state index in [1.165, 1.54) is 4.90 Å². The third-order valence-electron chi connectivity index (χ3n) is 5.94. The van der Waals surface area contributed by atoms with Gasteiger partial charge < -0.3 is 14.8 Å². The first kappa shape index (κ1) is 23.5. The number of hydrogen-bond donors (Lipinski definition) is 1. The van der Waals surface area contributed by atoms with Gasteiger partial charge in [-0.3, -0.25) is 9.59 Å². The smallest absolute Gasteiger partial charge is 0.416 e. The molecule has 2 atom stereocenters. The maximum Gasteiger partial charge on any atom is 0.416 e. The number of rotatable bonds is 9. The molecule has 0 saturated carbocycles. The molecule has 2 aromatic rings. The first-order valence-corrected chi connectivity index (χ1v) is 10.7. The van der Waals surface area contributed by atoms with Gasteiger partial charge in [-0.15, -0.1) is 0 Å². The van der Waals surface area contributed by atoms with Gasteiger partial charge in [-0.05, 0) is 38.4 Å². The average molecular weight is 439 g/mol. The third-order valence-corrected chi connectivity index (χ3v) is 5.94. The van der Waals surface area contributed by atoms with E-state index in [0.717, 1.165) is 11.1 Å². The monoisotopic (exact) mass is 438 g/mol. The molecule has 1 heterocycles. The van der Waals surface area contributed by atoms with Gasteiger partial charge in [0.2, 0.25) is 5.91 Å². The number of nitrogens with zero attached hydrogens (tertiary/aromatic N) is 1. The van der Waals surface area contributed by atoms with E-state index in [0.29, 0.717) is 6.42 Å². The minimum atomic E-state index is -0.806. The zero-order valence-electron chi connectivity index (χ0n) is 18.7. The number of nitrogens with one attached hydrogen (secondary N) is 1. The maximum atomic E-state index is 13.5. The van der Waals surface area contributed by atoms with E-state index in [2.05, 4.69) is 5.32 Å². The molecular formula is C25H30N2O5. The van der Waals surface area contributed by atoms with Crippen LogP contribution in [0.25, 0.3) is 0 Å². The standard InChI is InChI=1S/C25H30N2O5/c1-25(2,26-3)21(15-22(28)31-16-19-12-8-5-9-13-19)23(29)27-20(17-32-24(27)30)14-18-10-6-4-7-11-18/h4-13,20-21,26H,14-17H2,1-3H3/t20-,21-/m1/s1. The molecule has 32 heavy (non-hydrogen) atoms. The average Bonchev–Trinajstić information content (AvgIpc) is 3.16. The summed E-state index contributed by atoms with van der Waals surface area (Å²) in [6.45, 7) is 3.91. The number of carbonyl (C=O) groups is 3. The van der Waals surface area contributed by atoms with Gasteiger partial charge >= 0.3 is 12.1 Å². The second-order valence-electron chi connectivity index (χ2n) is 8.50. The highest BCUT2D eigenvalue weighted by molar-refractivity contribution is 5.97. The Bertz CT molecular complexity index is 930. The van der Waals surface area contributed by atoms with Crippen molar-refractivity contribution in [2.45, 2.75) is 44.9 Å². The largest absolute Gasteiger partial charge is 0.461 e. The number of amides is 2. The molecule has 0 radical (unpaired) electrons. The third kappa shape index (κ3) is 5.73. The van der Waals surface area contributed by atoms with Crippen LogP contribution in [0, 0.1) is 5.92 Å². The summed E-state index contributed by atoms with van der Waals surface area (Å²) in [6, 6.07) is 18.5. The molecule has 3 rings (SSSR count). The van der Waals surface area contributed by atoms with Gasteiger partial charge in [-0.25, -0.2) is 9.69 Å². The molecule has 0 aliphatic carbocycles. The van der Waals surface area contributed by atoms with Gasteiger partial charge in [0.05, 0.1) is 18.4 Å². The molecule has 2 aromatic carbocycles. The van der Waals surface area contributed by atoms with Gasteiger partial charge in [-0.1, -0.05) is 60.7 Å². The molecule has 1 fully saturated rings. The summed E-state index contributed by atoms with van der Waals surface area (Å²) in [6.07, 6.45) is -0.337. The number of hydrogen-bond acceptors (Lipinski definition) is 6. The molecule has 0 spiro atoms. The first-order chi connectivity index (χ1) is 15.3. The van der Waals surface area contributed by atoms with E-state index >= 15 is 0 Å². The van der Waals surface area contributed by atoms with Crippen molar-refractivity contribution in [3.63, 3.8) is 0 Å². The minimum Gasteiger partial charge on any atom is -0.461 e. The molecule has 0 aromatic heterocycles. The summed E-state index contributed by atoms with van der Waals surface area (Å²) in [7, 11) is 1.72. The van der Waals surface area contributed by atoms with Crippen LogP contribution in [0.1, 0.15) is 31.4 Å². The SMILES string of the molecule is CNC(C)(C)[C@H](CC(=O)OCc1ccccc1)C(=O)N1C(=O)OC[C@H]1Cc1ccccc1. The summed E-state index contributed by atoms with van der Waals surface area (Å²) >= 11 is 0. The summed E-state index contributed by atoms with van der Waals surface area (Å²) in [5, 5.41) is 3.10. The fourth-order valence-electron chi connectivity index (χ4n) is 3.72. The van der Waals surface area contributed by atoms with Gasteiger partial charge in [-0.2, -0.15) is 0 Å². The van der Waals surface area contributed by atoms with Crippen LogP contribution >= 0.6 is 0 Å². The van der Waals surface area contributed by atoms with Crippen molar-refractivity contribution < 1.29 is 23.9 Å². The predicted molar refractivity (Wildman–Crippen MR) is 120 cm³/mol. The lowest BCUT2D eigenvalue weighted by molar-refractivity contribution is -0.151. The van der Waals surface area contributed by atoms with Gasteiger partial charge in [0, 0.05) is 5.54 Å². The Hall–Kier alpha value is -3.19. The highest BCUT2D eigenvalue weighted by Crippen LogP contribution is 2.28. The summed E-state index contributed by atoms with van der Waals surface area (Å²) in [5.41, 5.74) is 1.12. The van der Waals surface area contributed by atoms with Crippen LogP contribution in [0.5, 0.6) is 0 Å². The number of imide groups is 1. The number of carbonyl (C=O) groups excluding carboxylic acids is 3. The topological polar surface area (TPSA) is 84.9 Å². The van der Waals surface area contributed by atoms with Crippen LogP contribution in [0.3, 0.4) is 0 Å². The molecular weight excluding hydrogens is 408 g/mol. The van der Waals surface area contributed by atoms with Crippen molar-refractivity contribution in [3.05, 3.63) is 71.8 Å². The summed E-state index contributed by atoms with van der Waals surface area (Å²) < 4.78 is 10.6. The highest BCUT2D eigenvalue weighted by Gasteiger charge is 2.46. The van der Waals surface area contributed by atoms with E-state index in [4.69, 9.17) is 9.47 Å². The van der Waals surface area contributed by atoms with Crippen molar-refractivity contribution in [1.29, 1.82) is 0 Å². The molecule has 1 saturated heterocycles. The zero-order valence-corrected chi connectivity index (χ0v) is 18.7. The van der Waals surface area contributed by atoms with E-state index < -0.39 is 35.5 Å². The Balaban J connectivity index is 1.74. The summed E-state index contributed by atoms with van der Waals surface area (Å²) in [4.78, 5) is 39.8. The van der Waals surface area contributed by atoms with E-state index in [1.54, 1.807) is 7.05 Å². The number of esters is 1. The molecule has 1 N–H and O–H groups in total. The number of benzene rings is 2. The molecule has 7 heteroatoms. The van der Waals surface area contributed by atoms with Crippen molar-refractivity contribution >= 4 is 18.0 Å². The van der Waals surface area contributed by atoms with Crippen LogP contribution in [0.15, 0.2) is 60.7 Å². The van der Waals surface area contributed by atoms with Gasteiger partial charge in [0.15, 0.2) is 0 Å². The van der Waals surface area contributed by atoms with E-state index in [-0.39, 0.29) is 19.6 Å². The minimum absolute atomic E-state index is 0.128. The van der Waals surface area contributed by atoms with Crippen LogP contribution in [0.4, 0.5) is 4.79 Å². The fourth-order valence-corrected chi connectivity index (χ4v) is 3.72. The Kier molecular flexibility index (Phi) is 7.64. The molecule has 1 aliphatic heterocycles. The van der Waals surface area contributed by atoms with Crippen molar-refractivity contribution in [1.82, 2.24) is 10.2 Å². The van der Waals surface area contributed by atoms with E-state index in [1.807, 2.05) is 74.5 Å². The van der Waals surface area contributed by atoms with Gasteiger partial charge in [0.1, 0.15) is 13.2 Å². The normalized spacial score (nSPS) is 17.0. The Morgan fingerprint density at radius 1 is 1.09 bits per heavy atom. The first-order valence-electron chi connectivity index (χ1n) is 10.7. The van der Waals surface area contributed by atoms with Crippen molar-refractivity contribution in [2.75, 3.05) is 13.7 Å². The predicted octanol–water partition coefficient (Wildman–Crippen LogP) is 3.32. The van der Waals surface area contributed by atoms with Crippen molar-refractivity contribution in [2.24, 2.45) is 5.92 Å². The van der Waals surface area contributed by atoms with Crippen LogP contribution in [-0.2, 0) is 32.1 Å². The van der Waals surface area contributed by atoms with Crippen LogP contribution < -0.4 is 5.32 Å². The molecule has 170 valence electrons. The quantitative estimate of drug-likeness (QED) is 0.605. The molecule has 0 unspecified atom stereocenters. The number of cyclic esters (lactones) is 1. The fraction of sp³-hybridized carbons (Fsp3) is 0.400. The molecule has 7 nitrogen and oxygen atoms in total. The maximum absolute atomic E-state index is 13.5. The lowest BCUT2D eigenvalue weighted by Crippen LogP contribution is -2.54. The molecule has 2 amide bonds.